The van der Waals surface area contributed by atoms with Gasteiger partial charge in [0.1, 0.15) is 5.82 Å². The van der Waals surface area contributed by atoms with Crippen molar-refractivity contribution in [2.45, 2.75) is 0 Å². The molecule has 6 heteroatoms. The molecule has 0 amide bonds. The van der Waals surface area contributed by atoms with Gasteiger partial charge >= 0.3 is 7.75 Å². The van der Waals surface area contributed by atoms with E-state index >= 15 is 0 Å². The first-order chi connectivity index (χ1) is 8.48. The molecular weight excluding hydrogens is 256 g/mol. The predicted octanol–water partition coefficient (Wildman–Crippen LogP) is 3.06. The van der Waals surface area contributed by atoms with Gasteiger partial charge in [-0.05, 0) is 36.4 Å². The van der Waals surface area contributed by atoms with Crippen LogP contribution in [0, 0.1) is 5.82 Å². The number of halogens is 1. The largest absolute Gasteiger partial charge is 0.434 e. The molecule has 94 valence electrons. The second-order valence-electron chi connectivity index (χ2n) is 3.64. The van der Waals surface area contributed by atoms with Gasteiger partial charge in [-0.25, -0.2) is 13.6 Å². The van der Waals surface area contributed by atoms with Crippen molar-refractivity contribution in [3.05, 3.63) is 60.4 Å². The van der Waals surface area contributed by atoms with Gasteiger partial charge in [0.15, 0.2) is 0 Å². The van der Waals surface area contributed by atoms with Gasteiger partial charge in [-0.1, -0.05) is 18.2 Å². The third kappa shape index (κ3) is 2.76. The van der Waals surface area contributed by atoms with Crippen LogP contribution in [0.25, 0.3) is 0 Å². The van der Waals surface area contributed by atoms with Gasteiger partial charge < -0.3 is 9.79 Å². The fraction of sp³-hybridized carbons (Fsp3) is 0. The summed E-state index contributed by atoms with van der Waals surface area (Å²) in [5, 5.41) is 0. The topological polar surface area (TPSA) is 60.8 Å². The van der Waals surface area contributed by atoms with Crippen molar-refractivity contribution in [2.24, 2.45) is 0 Å². The molecule has 2 rings (SSSR count). The molecule has 0 aliphatic carbocycles. The molecule has 2 aromatic rings. The van der Waals surface area contributed by atoms with Crippen molar-refractivity contribution in [3.63, 3.8) is 0 Å². The third-order valence-corrected chi connectivity index (χ3v) is 3.32. The average Bonchev–Trinajstić information content (AvgIpc) is 2.32. The van der Waals surface area contributed by atoms with Crippen LogP contribution < -0.4 is 4.67 Å². The molecule has 0 aliphatic rings. The predicted molar refractivity (Wildman–Crippen MR) is 67.0 cm³/mol. The first-order valence-corrected chi connectivity index (χ1v) is 6.72. The van der Waals surface area contributed by atoms with E-state index < -0.39 is 13.6 Å². The molecule has 0 saturated carbocycles. The Morgan fingerprint density at radius 2 is 1.39 bits per heavy atom. The molecule has 18 heavy (non-hydrogen) atoms. The maximum Gasteiger partial charge on any atom is 0.434 e. The van der Waals surface area contributed by atoms with Gasteiger partial charge in [-0.3, -0.25) is 0 Å². The van der Waals surface area contributed by atoms with Gasteiger partial charge in [0.2, 0.25) is 0 Å². The Balaban J connectivity index is 2.51. The van der Waals surface area contributed by atoms with E-state index in [1.807, 2.05) is 0 Å². The third-order valence-electron chi connectivity index (χ3n) is 2.33. The van der Waals surface area contributed by atoms with Gasteiger partial charge in [0.05, 0.1) is 11.4 Å². The Kier molecular flexibility index (Phi) is 3.48. The standard InChI is InChI=1S/C12H11FNO3P/c13-10-6-8-12(9-7-10)14(18(15,16)17)11-4-2-1-3-5-11/h1-9H,(H2,15,16,17). The molecule has 4 nitrogen and oxygen atoms in total. The van der Waals surface area contributed by atoms with Crippen LogP contribution in [0.1, 0.15) is 0 Å². The first kappa shape index (κ1) is 12.8. The molecule has 0 saturated heterocycles. The summed E-state index contributed by atoms with van der Waals surface area (Å²) >= 11 is 0. The summed E-state index contributed by atoms with van der Waals surface area (Å²) in [7, 11) is -4.52. The monoisotopic (exact) mass is 267 g/mol. The Morgan fingerprint density at radius 1 is 0.889 bits per heavy atom. The molecule has 0 spiro atoms. The van der Waals surface area contributed by atoms with E-state index in [-0.39, 0.29) is 5.69 Å². The Labute approximate surface area is 104 Å². The van der Waals surface area contributed by atoms with E-state index in [1.165, 1.54) is 12.1 Å². The molecule has 0 radical (unpaired) electrons. The van der Waals surface area contributed by atoms with Crippen molar-refractivity contribution < 1.29 is 18.7 Å². The number of nitrogens with zero attached hydrogens (tertiary/aromatic N) is 1. The van der Waals surface area contributed by atoms with Gasteiger partial charge in [0, 0.05) is 0 Å². The minimum atomic E-state index is -4.52. The molecule has 2 N–H and O–H groups in total. The van der Waals surface area contributed by atoms with E-state index in [1.54, 1.807) is 30.3 Å². The minimum absolute atomic E-state index is 0.232. The summed E-state index contributed by atoms with van der Waals surface area (Å²) in [5.41, 5.74) is 0.577. The number of rotatable bonds is 3. The van der Waals surface area contributed by atoms with Gasteiger partial charge in [-0.15, -0.1) is 0 Å². The lowest BCUT2D eigenvalue weighted by molar-refractivity contribution is 0.373. The summed E-state index contributed by atoms with van der Waals surface area (Å²) < 4.78 is 25.2. The Morgan fingerprint density at radius 3 is 1.89 bits per heavy atom. The number of hydrogen-bond acceptors (Lipinski definition) is 1. The van der Waals surface area contributed by atoms with E-state index in [2.05, 4.69) is 0 Å². The van der Waals surface area contributed by atoms with Crippen LogP contribution in [0.5, 0.6) is 0 Å². The van der Waals surface area contributed by atoms with Crippen LogP contribution in [0.3, 0.4) is 0 Å². The summed E-state index contributed by atoms with van der Waals surface area (Å²) in [6.07, 6.45) is 0. The molecular formula is C12H11FNO3P. The molecule has 0 aliphatic heterocycles. The van der Waals surface area contributed by atoms with Crippen molar-refractivity contribution in [3.8, 4) is 0 Å². The van der Waals surface area contributed by atoms with Crippen LogP contribution in [-0.4, -0.2) is 9.79 Å². The second kappa shape index (κ2) is 4.90. The maximum atomic E-state index is 12.8. The fourth-order valence-corrected chi connectivity index (χ4v) is 2.47. The maximum absolute atomic E-state index is 12.8. The van der Waals surface area contributed by atoms with E-state index in [9.17, 15) is 18.7 Å². The highest BCUT2D eigenvalue weighted by Crippen LogP contribution is 2.49. The Hall–Kier alpha value is -1.68. The first-order valence-electron chi connectivity index (χ1n) is 5.15. The molecule has 0 unspecified atom stereocenters. The zero-order valence-corrected chi connectivity index (χ0v) is 10.2. The highest BCUT2D eigenvalue weighted by molar-refractivity contribution is 7.54. The van der Waals surface area contributed by atoms with Crippen molar-refractivity contribution in [2.75, 3.05) is 4.67 Å². The average molecular weight is 267 g/mol. The fourth-order valence-electron chi connectivity index (χ4n) is 1.60. The number of anilines is 2. The highest BCUT2D eigenvalue weighted by Gasteiger charge is 2.27. The quantitative estimate of drug-likeness (QED) is 0.839. The van der Waals surface area contributed by atoms with E-state index in [0.717, 1.165) is 16.8 Å². The van der Waals surface area contributed by atoms with Crippen LogP contribution in [0.2, 0.25) is 0 Å². The summed E-state index contributed by atoms with van der Waals surface area (Å²) in [6, 6.07) is 13.2. The van der Waals surface area contributed by atoms with Crippen molar-refractivity contribution in [1.29, 1.82) is 0 Å². The van der Waals surface area contributed by atoms with Crippen LogP contribution in [0.4, 0.5) is 15.8 Å². The normalized spacial score (nSPS) is 11.3. The van der Waals surface area contributed by atoms with Gasteiger partial charge in [-0.2, -0.15) is 0 Å². The summed E-state index contributed by atoms with van der Waals surface area (Å²) in [6.45, 7) is 0. The van der Waals surface area contributed by atoms with E-state index in [0.29, 0.717) is 5.69 Å². The minimum Gasteiger partial charge on any atom is -0.308 e. The molecule has 0 aromatic heterocycles. The zero-order chi connectivity index (χ0) is 13.2. The molecule has 0 atom stereocenters. The van der Waals surface area contributed by atoms with Gasteiger partial charge in [0.25, 0.3) is 0 Å². The molecule has 2 aromatic carbocycles. The van der Waals surface area contributed by atoms with E-state index in [4.69, 9.17) is 0 Å². The molecule has 0 fully saturated rings. The number of benzene rings is 2. The van der Waals surface area contributed by atoms with Crippen LogP contribution in [-0.2, 0) is 4.57 Å². The Bertz CT molecular complexity index is 568. The number of para-hydroxylation sites is 1. The SMILES string of the molecule is O=P(O)(O)N(c1ccccc1)c1ccc(F)cc1. The van der Waals surface area contributed by atoms with Crippen molar-refractivity contribution in [1.82, 2.24) is 0 Å². The summed E-state index contributed by atoms with van der Waals surface area (Å²) in [4.78, 5) is 18.8. The van der Waals surface area contributed by atoms with Crippen molar-refractivity contribution >= 4 is 19.1 Å². The molecule has 0 bridgehead atoms. The highest BCUT2D eigenvalue weighted by atomic mass is 31.2. The lowest BCUT2D eigenvalue weighted by Crippen LogP contribution is -2.12. The lowest BCUT2D eigenvalue weighted by Gasteiger charge is -2.25. The number of hydrogen-bond donors (Lipinski definition) is 2. The lowest BCUT2D eigenvalue weighted by atomic mass is 10.2. The van der Waals surface area contributed by atoms with Crippen LogP contribution in [0.15, 0.2) is 54.6 Å². The molecule has 0 heterocycles. The zero-order valence-electron chi connectivity index (χ0n) is 9.27. The smallest absolute Gasteiger partial charge is 0.308 e. The van der Waals surface area contributed by atoms with Crippen LogP contribution >= 0.6 is 7.75 Å². The second-order valence-corrected chi connectivity index (χ2v) is 5.06. The summed E-state index contributed by atoms with van der Waals surface area (Å²) in [5.74, 6) is -0.461.